The zero-order valence-electron chi connectivity index (χ0n) is 11.4. The number of morpholine rings is 1. The summed E-state index contributed by atoms with van der Waals surface area (Å²) in [7, 11) is 0. The van der Waals surface area contributed by atoms with Crippen LogP contribution in [-0.4, -0.2) is 53.3 Å². The highest BCUT2D eigenvalue weighted by molar-refractivity contribution is 4.98. The monoisotopic (exact) mass is 252 g/mol. The molecule has 102 valence electrons. The highest BCUT2D eigenvalue weighted by Crippen LogP contribution is 2.09. The first-order chi connectivity index (χ1) is 8.83. The van der Waals surface area contributed by atoms with Crippen LogP contribution in [0.4, 0.5) is 0 Å². The van der Waals surface area contributed by atoms with Crippen molar-refractivity contribution in [1.29, 1.82) is 0 Å². The standard InChI is InChI=1S/C13H24N4O/c1-3-14-7-12-8-15-11-17(12)10-13-9-16(4-2)5-6-18-13/h8,11,13-14H,3-7,9-10H2,1-2H3. The molecular weight excluding hydrogens is 228 g/mol. The second-order valence-electron chi connectivity index (χ2n) is 4.70. The van der Waals surface area contributed by atoms with Gasteiger partial charge in [0.1, 0.15) is 0 Å². The molecule has 1 aromatic rings. The van der Waals surface area contributed by atoms with E-state index in [1.165, 1.54) is 5.69 Å². The van der Waals surface area contributed by atoms with Gasteiger partial charge < -0.3 is 14.6 Å². The van der Waals surface area contributed by atoms with Crippen LogP contribution in [0.25, 0.3) is 0 Å². The quantitative estimate of drug-likeness (QED) is 0.810. The molecule has 2 rings (SSSR count). The van der Waals surface area contributed by atoms with Crippen LogP contribution >= 0.6 is 0 Å². The van der Waals surface area contributed by atoms with Crippen molar-refractivity contribution in [1.82, 2.24) is 19.8 Å². The Balaban J connectivity index is 1.90. The molecule has 1 fully saturated rings. The fraction of sp³-hybridized carbons (Fsp3) is 0.769. The predicted octanol–water partition coefficient (Wildman–Crippen LogP) is 0.713. The van der Waals surface area contributed by atoms with Crippen LogP contribution in [0.15, 0.2) is 12.5 Å². The molecule has 1 N–H and O–H groups in total. The van der Waals surface area contributed by atoms with E-state index < -0.39 is 0 Å². The molecule has 1 aromatic heterocycles. The molecule has 5 heteroatoms. The van der Waals surface area contributed by atoms with E-state index >= 15 is 0 Å². The van der Waals surface area contributed by atoms with Crippen LogP contribution in [0.5, 0.6) is 0 Å². The number of rotatable bonds is 6. The number of ether oxygens (including phenoxy) is 1. The van der Waals surface area contributed by atoms with E-state index in [9.17, 15) is 0 Å². The lowest BCUT2D eigenvalue weighted by Crippen LogP contribution is -2.44. The van der Waals surface area contributed by atoms with Gasteiger partial charge in [0.05, 0.1) is 31.3 Å². The molecule has 1 aliphatic heterocycles. The number of nitrogens with zero attached hydrogens (tertiary/aromatic N) is 3. The predicted molar refractivity (Wildman–Crippen MR) is 71.5 cm³/mol. The van der Waals surface area contributed by atoms with Gasteiger partial charge in [0.15, 0.2) is 0 Å². The first-order valence-corrected chi connectivity index (χ1v) is 6.87. The topological polar surface area (TPSA) is 42.3 Å². The van der Waals surface area contributed by atoms with E-state index in [0.29, 0.717) is 0 Å². The summed E-state index contributed by atoms with van der Waals surface area (Å²) in [4.78, 5) is 6.67. The van der Waals surface area contributed by atoms with E-state index in [1.54, 1.807) is 0 Å². The van der Waals surface area contributed by atoms with Crippen molar-refractivity contribution in [3.63, 3.8) is 0 Å². The zero-order valence-corrected chi connectivity index (χ0v) is 11.4. The molecule has 1 atom stereocenters. The molecular formula is C13H24N4O. The van der Waals surface area contributed by atoms with Crippen molar-refractivity contribution < 1.29 is 4.74 Å². The fourth-order valence-corrected chi connectivity index (χ4v) is 2.31. The van der Waals surface area contributed by atoms with Crippen LogP contribution in [0.2, 0.25) is 0 Å². The summed E-state index contributed by atoms with van der Waals surface area (Å²) < 4.78 is 8.03. The Morgan fingerprint density at radius 1 is 1.50 bits per heavy atom. The van der Waals surface area contributed by atoms with Crippen molar-refractivity contribution in [3.8, 4) is 0 Å². The Bertz CT molecular complexity index is 353. The van der Waals surface area contributed by atoms with Crippen molar-refractivity contribution in [2.24, 2.45) is 0 Å². The first-order valence-electron chi connectivity index (χ1n) is 6.87. The summed E-state index contributed by atoms with van der Waals surface area (Å²) >= 11 is 0. The molecule has 0 spiro atoms. The average molecular weight is 252 g/mol. The van der Waals surface area contributed by atoms with Crippen molar-refractivity contribution in [3.05, 3.63) is 18.2 Å². The van der Waals surface area contributed by atoms with Gasteiger partial charge in [-0.3, -0.25) is 4.90 Å². The smallest absolute Gasteiger partial charge is 0.0949 e. The van der Waals surface area contributed by atoms with Crippen LogP contribution in [0, 0.1) is 0 Å². The van der Waals surface area contributed by atoms with Crippen LogP contribution < -0.4 is 5.32 Å². The third-order valence-electron chi connectivity index (χ3n) is 3.43. The molecule has 1 unspecified atom stereocenters. The highest BCUT2D eigenvalue weighted by Gasteiger charge is 2.20. The van der Waals surface area contributed by atoms with Gasteiger partial charge in [0.25, 0.3) is 0 Å². The number of nitrogens with one attached hydrogen (secondary N) is 1. The highest BCUT2D eigenvalue weighted by atomic mass is 16.5. The fourth-order valence-electron chi connectivity index (χ4n) is 2.31. The Labute approximate surface area is 109 Å². The molecule has 1 aliphatic rings. The maximum absolute atomic E-state index is 5.83. The molecule has 0 aliphatic carbocycles. The summed E-state index contributed by atoms with van der Waals surface area (Å²) in [5, 5.41) is 3.34. The maximum Gasteiger partial charge on any atom is 0.0949 e. The Hall–Kier alpha value is -0.910. The minimum Gasteiger partial charge on any atom is -0.374 e. The van der Waals surface area contributed by atoms with Gasteiger partial charge in [-0.1, -0.05) is 13.8 Å². The molecule has 0 radical (unpaired) electrons. The minimum absolute atomic E-state index is 0.285. The molecule has 0 bridgehead atoms. The van der Waals surface area contributed by atoms with E-state index in [1.807, 2.05) is 12.5 Å². The van der Waals surface area contributed by atoms with Gasteiger partial charge >= 0.3 is 0 Å². The minimum atomic E-state index is 0.285. The number of imidazole rings is 1. The Morgan fingerprint density at radius 3 is 3.17 bits per heavy atom. The molecule has 2 heterocycles. The van der Waals surface area contributed by atoms with Gasteiger partial charge in [0, 0.05) is 25.8 Å². The zero-order chi connectivity index (χ0) is 12.8. The normalized spacial score (nSPS) is 21.3. The summed E-state index contributed by atoms with van der Waals surface area (Å²) in [6, 6.07) is 0. The third-order valence-corrected chi connectivity index (χ3v) is 3.43. The number of hydrogen-bond acceptors (Lipinski definition) is 4. The molecule has 0 amide bonds. The van der Waals surface area contributed by atoms with Gasteiger partial charge in [-0.2, -0.15) is 0 Å². The van der Waals surface area contributed by atoms with Gasteiger partial charge in [-0.05, 0) is 13.1 Å². The lowest BCUT2D eigenvalue weighted by molar-refractivity contribution is -0.0346. The van der Waals surface area contributed by atoms with Crippen molar-refractivity contribution in [2.45, 2.75) is 33.0 Å². The second kappa shape index (κ2) is 6.87. The molecule has 0 aromatic carbocycles. The van der Waals surface area contributed by atoms with Crippen LogP contribution in [0.1, 0.15) is 19.5 Å². The van der Waals surface area contributed by atoms with Gasteiger partial charge in [-0.15, -0.1) is 0 Å². The Morgan fingerprint density at radius 2 is 2.39 bits per heavy atom. The lowest BCUT2D eigenvalue weighted by Gasteiger charge is -2.32. The third kappa shape index (κ3) is 3.54. The van der Waals surface area contributed by atoms with Gasteiger partial charge in [0.2, 0.25) is 0 Å². The number of hydrogen-bond donors (Lipinski definition) is 1. The van der Waals surface area contributed by atoms with Crippen LogP contribution in [0.3, 0.4) is 0 Å². The largest absolute Gasteiger partial charge is 0.374 e. The first kappa shape index (κ1) is 13.5. The second-order valence-corrected chi connectivity index (χ2v) is 4.70. The number of likely N-dealkylation sites (N-methyl/N-ethyl adjacent to an activating group) is 1. The Kier molecular flexibility index (Phi) is 5.16. The average Bonchev–Trinajstić information content (AvgIpc) is 2.84. The van der Waals surface area contributed by atoms with E-state index in [0.717, 1.165) is 45.9 Å². The SMILES string of the molecule is CCNCc1cncn1CC1CN(CC)CCO1. The maximum atomic E-state index is 5.83. The molecule has 0 saturated carbocycles. The molecule has 18 heavy (non-hydrogen) atoms. The van der Waals surface area contributed by atoms with Crippen LogP contribution in [-0.2, 0) is 17.8 Å². The van der Waals surface area contributed by atoms with E-state index in [-0.39, 0.29) is 6.10 Å². The number of aromatic nitrogens is 2. The van der Waals surface area contributed by atoms with E-state index in [4.69, 9.17) is 4.74 Å². The summed E-state index contributed by atoms with van der Waals surface area (Å²) in [6.07, 6.45) is 4.12. The van der Waals surface area contributed by atoms with Crippen molar-refractivity contribution in [2.75, 3.05) is 32.8 Å². The molecule has 5 nitrogen and oxygen atoms in total. The lowest BCUT2D eigenvalue weighted by atomic mass is 10.2. The summed E-state index contributed by atoms with van der Waals surface area (Å²) in [6.45, 7) is 11.1. The summed E-state index contributed by atoms with van der Waals surface area (Å²) in [5.41, 5.74) is 1.23. The molecule has 1 saturated heterocycles. The summed E-state index contributed by atoms with van der Waals surface area (Å²) in [5.74, 6) is 0. The van der Waals surface area contributed by atoms with Crippen molar-refractivity contribution >= 4 is 0 Å². The van der Waals surface area contributed by atoms with Gasteiger partial charge in [-0.25, -0.2) is 4.98 Å². The van der Waals surface area contributed by atoms with E-state index in [2.05, 4.69) is 33.6 Å².